The third-order valence-electron chi connectivity index (χ3n) is 7.76. The maximum Gasteiger partial charge on any atom is 0.346 e. The molecule has 1 saturated carbocycles. The van der Waals surface area contributed by atoms with Crippen LogP contribution in [0.3, 0.4) is 0 Å². The summed E-state index contributed by atoms with van der Waals surface area (Å²) in [6.45, 7) is 4.96. The van der Waals surface area contributed by atoms with E-state index in [4.69, 9.17) is 9.47 Å². The maximum absolute atomic E-state index is 14.9. The highest BCUT2D eigenvalue weighted by molar-refractivity contribution is 5.91. The van der Waals surface area contributed by atoms with Crippen LogP contribution in [0.2, 0.25) is 0 Å². The fraction of sp³-hybridized carbons (Fsp3) is 0.485. The second-order valence-electron chi connectivity index (χ2n) is 10.6. The van der Waals surface area contributed by atoms with Crippen LogP contribution in [0.5, 0.6) is 11.5 Å². The molecule has 2 aliphatic carbocycles. The molecule has 37 heavy (non-hydrogen) atoms. The quantitative estimate of drug-likeness (QED) is 0.184. The molecule has 0 bridgehead atoms. The molecule has 0 radical (unpaired) electrons. The number of rotatable bonds is 10. The first-order valence-corrected chi connectivity index (χ1v) is 14.2. The van der Waals surface area contributed by atoms with Crippen molar-refractivity contribution in [2.45, 2.75) is 78.1 Å². The Balaban J connectivity index is 1.29. The Hall–Kier alpha value is -2.88. The van der Waals surface area contributed by atoms with Gasteiger partial charge in [0.2, 0.25) is 0 Å². The lowest BCUT2D eigenvalue weighted by Gasteiger charge is -2.27. The van der Waals surface area contributed by atoms with Crippen molar-refractivity contribution in [2.75, 3.05) is 6.61 Å². The summed E-state index contributed by atoms with van der Waals surface area (Å²) in [7, 11) is 0. The van der Waals surface area contributed by atoms with Gasteiger partial charge in [-0.1, -0.05) is 51.0 Å². The van der Waals surface area contributed by atoms with Gasteiger partial charge < -0.3 is 9.47 Å². The highest BCUT2D eigenvalue weighted by Crippen LogP contribution is 2.35. The molecule has 0 aliphatic heterocycles. The lowest BCUT2D eigenvalue weighted by Crippen LogP contribution is -2.13. The van der Waals surface area contributed by atoms with Crippen molar-refractivity contribution in [3.05, 3.63) is 77.6 Å². The first-order chi connectivity index (χ1) is 18.1. The topological polar surface area (TPSA) is 35.5 Å². The van der Waals surface area contributed by atoms with Crippen LogP contribution in [0.15, 0.2) is 60.7 Å². The first-order valence-electron chi connectivity index (χ1n) is 14.2. The van der Waals surface area contributed by atoms with E-state index in [2.05, 4.69) is 25.2 Å². The number of carbonyl (C=O) groups excluding carboxylic acids is 1. The zero-order chi connectivity index (χ0) is 26.0. The molecule has 4 rings (SSSR count). The molecule has 0 saturated heterocycles. The summed E-state index contributed by atoms with van der Waals surface area (Å²) in [5.74, 6) is 2.08. The summed E-state index contributed by atoms with van der Waals surface area (Å²) in [6.07, 6.45) is 19.2. The van der Waals surface area contributed by atoms with Gasteiger partial charge in [-0.15, -0.1) is 0 Å². The SMILES string of the molecule is CCCOc1ccc(OC(=O)c2ccc(C3=CCC(/C=C/C4CCC(CCC)CC4)CC3)cc2F)cc1. The van der Waals surface area contributed by atoms with E-state index in [1.807, 2.05) is 13.0 Å². The molecule has 1 unspecified atom stereocenters. The van der Waals surface area contributed by atoms with Gasteiger partial charge in [-0.25, -0.2) is 9.18 Å². The molecule has 4 heteroatoms. The van der Waals surface area contributed by atoms with E-state index in [0.29, 0.717) is 24.0 Å². The Morgan fingerprint density at radius 3 is 2.30 bits per heavy atom. The second kappa shape index (κ2) is 13.6. The molecule has 2 aromatic rings. The van der Waals surface area contributed by atoms with Gasteiger partial charge in [0, 0.05) is 0 Å². The van der Waals surface area contributed by atoms with Crippen LogP contribution < -0.4 is 9.47 Å². The molecule has 1 fully saturated rings. The molecule has 0 spiro atoms. The summed E-state index contributed by atoms with van der Waals surface area (Å²) in [5.41, 5.74) is 1.95. The van der Waals surface area contributed by atoms with E-state index < -0.39 is 11.8 Å². The number of hydrogen-bond donors (Lipinski definition) is 0. The van der Waals surface area contributed by atoms with E-state index in [-0.39, 0.29) is 5.56 Å². The molecule has 0 heterocycles. The normalized spacial score (nSPS) is 22.0. The molecule has 2 aromatic carbocycles. The summed E-state index contributed by atoms with van der Waals surface area (Å²) < 4.78 is 25.8. The number of benzene rings is 2. The van der Waals surface area contributed by atoms with E-state index in [9.17, 15) is 9.18 Å². The highest BCUT2D eigenvalue weighted by Gasteiger charge is 2.21. The predicted octanol–water partition coefficient (Wildman–Crippen LogP) is 9.18. The van der Waals surface area contributed by atoms with E-state index in [0.717, 1.165) is 48.7 Å². The van der Waals surface area contributed by atoms with Gasteiger partial charge in [0.15, 0.2) is 0 Å². The Morgan fingerprint density at radius 2 is 1.65 bits per heavy atom. The Bertz CT molecular complexity index is 1080. The Morgan fingerprint density at radius 1 is 0.919 bits per heavy atom. The molecule has 1 atom stereocenters. The maximum atomic E-state index is 14.9. The van der Waals surface area contributed by atoms with Crippen LogP contribution in [0.25, 0.3) is 5.57 Å². The fourth-order valence-corrected chi connectivity index (χ4v) is 5.55. The summed E-state index contributed by atoms with van der Waals surface area (Å²) in [5, 5.41) is 0. The third-order valence-corrected chi connectivity index (χ3v) is 7.76. The predicted molar refractivity (Wildman–Crippen MR) is 148 cm³/mol. The van der Waals surface area contributed by atoms with Gasteiger partial charge >= 0.3 is 5.97 Å². The molecular weight excluding hydrogens is 463 g/mol. The van der Waals surface area contributed by atoms with Crippen molar-refractivity contribution >= 4 is 11.5 Å². The van der Waals surface area contributed by atoms with Crippen LogP contribution in [0.4, 0.5) is 4.39 Å². The molecular formula is C33H41FO3. The van der Waals surface area contributed by atoms with Crippen LogP contribution in [-0.2, 0) is 0 Å². The molecule has 0 N–H and O–H groups in total. The largest absolute Gasteiger partial charge is 0.494 e. The van der Waals surface area contributed by atoms with Crippen molar-refractivity contribution in [1.82, 2.24) is 0 Å². The van der Waals surface area contributed by atoms with Crippen LogP contribution in [-0.4, -0.2) is 12.6 Å². The number of hydrogen-bond acceptors (Lipinski definition) is 3. The molecule has 3 nitrogen and oxygen atoms in total. The summed E-state index contributed by atoms with van der Waals surface area (Å²) in [6, 6.07) is 11.6. The second-order valence-corrected chi connectivity index (χ2v) is 10.6. The summed E-state index contributed by atoms with van der Waals surface area (Å²) in [4.78, 5) is 12.6. The zero-order valence-corrected chi connectivity index (χ0v) is 22.4. The average molecular weight is 505 g/mol. The van der Waals surface area contributed by atoms with Gasteiger partial charge in [0.05, 0.1) is 12.2 Å². The minimum absolute atomic E-state index is 0.0547. The Labute approximate surface area is 221 Å². The number of halogens is 1. The van der Waals surface area contributed by atoms with Gasteiger partial charge in [0.1, 0.15) is 17.3 Å². The van der Waals surface area contributed by atoms with Gasteiger partial charge in [-0.3, -0.25) is 0 Å². The van der Waals surface area contributed by atoms with Gasteiger partial charge in [-0.2, -0.15) is 0 Å². The zero-order valence-electron chi connectivity index (χ0n) is 22.4. The minimum Gasteiger partial charge on any atom is -0.494 e. The van der Waals surface area contributed by atoms with Crippen molar-refractivity contribution in [1.29, 1.82) is 0 Å². The third kappa shape index (κ3) is 7.80. The van der Waals surface area contributed by atoms with Crippen molar-refractivity contribution in [2.24, 2.45) is 17.8 Å². The average Bonchev–Trinajstić information content (AvgIpc) is 2.92. The van der Waals surface area contributed by atoms with E-state index in [1.165, 1.54) is 50.7 Å². The van der Waals surface area contributed by atoms with E-state index in [1.54, 1.807) is 24.3 Å². The number of allylic oxidation sites excluding steroid dienone is 4. The highest BCUT2D eigenvalue weighted by atomic mass is 19.1. The first kappa shape index (κ1) is 27.2. The fourth-order valence-electron chi connectivity index (χ4n) is 5.55. The standard InChI is InChI=1S/C33H41FO3/c1-3-5-24-6-8-25(9-7-24)10-11-26-12-14-27(15-13-26)28-16-21-31(32(34)23-28)33(35)37-30-19-17-29(18-20-30)36-22-4-2/h10-11,14,16-21,23-26H,3-9,12-13,15,22H2,1-2H3/b11-10+. The lowest BCUT2D eigenvalue weighted by atomic mass is 9.79. The summed E-state index contributed by atoms with van der Waals surface area (Å²) >= 11 is 0. The smallest absolute Gasteiger partial charge is 0.346 e. The van der Waals surface area contributed by atoms with Crippen molar-refractivity contribution in [3.63, 3.8) is 0 Å². The van der Waals surface area contributed by atoms with Gasteiger partial charge in [0.25, 0.3) is 0 Å². The molecule has 0 aromatic heterocycles. The monoisotopic (exact) mass is 504 g/mol. The molecule has 2 aliphatic rings. The molecule has 0 amide bonds. The lowest BCUT2D eigenvalue weighted by molar-refractivity contribution is 0.0729. The Kier molecular flexibility index (Phi) is 9.99. The molecule has 198 valence electrons. The van der Waals surface area contributed by atoms with Crippen molar-refractivity contribution in [3.8, 4) is 11.5 Å². The number of esters is 1. The van der Waals surface area contributed by atoms with Crippen LogP contribution >= 0.6 is 0 Å². The van der Waals surface area contributed by atoms with Gasteiger partial charge in [-0.05, 0) is 117 Å². The van der Waals surface area contributed by atoms with Crippen molar-refractivity contribution < 1.29 is 18.7 Å². The van der Waals surface area contributed by atoms with E-state index >= 15 is 0 Å². The van der Waals surface area contributed by atoms with Crippen LogP contribution in [0, 0.1) is 23.6 Å². The number of carbonyl (C=O) groups is 1. The number of ether oxygens (including phenoxy) is 2. The van der Waals surface area contributed by atoms with Crippen LogP contribution in [0.1, 0.15) is 94.0 Å². The minimum atomic E-state index is -0.696.